The van der Waals surface area contributed by atoms with Gasteiger partial charge < -0.3 is 4.52 Å². The Labute approximate surface area is 125 Å². The monoisotopic (exact) mass is 277 g/mol. The first kappa shape index (κ1) is 13.6. The van der Waals surface area contributed by atoms with E-state index < -0.39 is 0 Å². The lowest BCUT2D eigenvalue weighted by atomic mass is 9.87. The largest absolute Gasteiger partial charge is 0.365 e. The number of benzene rings is 2. The molecule has 0 bridgehead atoms. The van der Waals surface area contributed by atoms with Crippen LogP contribution in [0, 0.1) is 0 Å². The van der Waals surface area contributed by atoms with Gasteiger partial charge in [-0.3, -0.25) is 0 Å². The Hall–Kier alpha value is -2.35. The lowest BCUT2D eigenvalue weighted by Gasteiger charge is -2.17. The van der Waals surface area contributed by atoms with E-state index in [0.717, 1.165) is 25.0 Å². The van der Waals surface area contributed by atoms with Gasteiger partial charge in [0.05, 0.1) is 5.69 Å². The van der Waals surface area contributed by atoms with Crippen LogP contribution in [0.1, 0.15) is 35.6 Å². The molecule has 1 aromatic heterocycles. The Kier molecular flexibility index (Phi) is 4.47. The molecule has 0 aliphatic carbocycles. The van der Waals surface area contributed by atoms with Crippen LogP contribution in [0.4, 0.5) is 0 Å². The first-order chi connectivity index (χ1) is 10.4. The molecular weight excluding hydrogens is 258 g/mol. The maximum atomic E-state index is 4.89. The second-order valence-electron chi connectivity index (χ2n) is 5.26. The third kappa shape index (κ3) is 3.60. The molecule has 2 aromatic carbocycles. The summed E-state index contributed by atoms with van der Waals surface area (Å²) in [6, 6.07) is 23.4. The first-order valence-corrected chi connectivity index (χ1v) is 7.42. The highest BCUT2D eigenvalue weighted by molar-refractivity contribution is 5.32. The molecule has 2 heteroatoms. The van der Waals surface area contributed by atoms with Gasteiger partial charge in [0.1, 0.15) is 6.26 Å². The molecule has 0 spiro atoms. The van der Waals surface area contributed by atoms with Crippen molar-refractivity contribution >= 4 is 0 Å². The molecule has 1 heterocycles. The second-order valence-corrected chi connectivity index (χ2v) is 5.26. The van der Waals surface area contributed by atoms with Gasteiger partial charge in [0.2, 0.25) is 0 Å². The molecule has 0 radical (unpaired) electrons. The van der Waals surface area contributed by atoms with Crippen molar-refractivity contribution in [2.45, 2.75) is 25.2 Å². The molecule has 0 atom stereocenters. The second kappa shape index (κ2) is 6.89. The lowest BCUT2D eigenvalue weighted by Crippen LogP contribution is -2.02. The zero-order chi connectivity index (χ0) is 14.3. The summed E-state index contributed by atoms with van der Waals surface area (Å²) < 4.78 is 4.89. The minimum absolute atomic E-state index is 0.444. The highest BCUT2D eigenvalue weighted by Crippen LogP contribution is 2.29. The van der Waals surface area contributed by atoms with Crippen molar-refractivity contribution in [1.29, 1.82) is 0 Å². The lowest BCUT2D eigenvalue weighted by molar-refractivity contribution is 0.410. The molecule has 2 nitrogen and oxygen atoms in total. The van der Waals surface area contributed by atoms with Gasteiger partial charge in [-0.15, -0.1) is 0 Å². The predicted molar refractivity (Wildman–Crippen MR) is 84.2 cm³/mol. The number of rotatable bonds is 6. The quantitative estimate of drug-likeness (QED) is 0.645. The standard InChI is InChI=1S/C19H19NO/c1-3-8-16(9-4-1)19(17-10-5-2-6-11-17)13-7-12-18-14-15-21-20-18/h1-6,8-11,14-15,19H,7,12-13H2. The number of aryl methyl sites for hydroxylation is 1. The molecule has 0 aliphatic rings. The minimum Gasteiger partial charge on any atom is -0.365 e. The SMILES string of the molecule is c1ccc(C(CCCc2ccon2)c2ccccc2)cc1. The van der Waals surface area contributed by atoms with E-state index in [1.807, 2.05) is 6.07 Å². The van der Waals surface area contributed by atoms with Gasteiger partial charge in [-0.2, -0.15) is 0 Å². The van der Waals surface area contributed by atoms with Gasteiger partial charge in [0.25, 0.3) is 0 Å². The number of aromatic nitrogens is 1. The first-order valence-electron chi connectivity index (χ1n) is 7.42. The summed E-state index contributed by atoms with van der Waals surface area (Å²) in [4.78, 5) is 0. The van der Waals surface area contributed by atoms with E-state index >= 15 is 0 Å². The zero-order valence-electron chi connectivity index (χ0n) is 12.0. The molecule has 106 valence electrons. The van der Waals surface area contributed by atoms with Crippen molar-refractivity contribution in [1.82, 2.24) is 5.16 Å². The van der Waals surface area contributed by atoms with Gasteiger partial charge in [0.15, 0.2) is 0 Å². The summed E-state index contributed by atoms with van der Waals surface area (Å²) in [5, 5.41) is 3.98. The van der Waals surface area contributed by atoms with E-state index in [1.165, 1.54) is 11.1 Å². The Morgan fingerprint density at radius 1 is 0.810 bits per heavy atom. The van der Waals surface area contributed by atoms with E-state index in [1.54, 1.807) is 6.26 Å². The van der Waals surface area contributed by atoms with Crippen LogP contribution in [-0.2, 0) is 6.42 Å². The summed E-state index contributed by atoms with van der Waals surface area (Å²) in [6.45, 7) is 0. The van der Waals surface area contributed by atoms with E-state index in [9.17, 15) is 0 Å². The Morgan fingerprint density at radius 2 is 1.43 bits per heavy atom. The number of hydrogen-bond acceptors (Lipinski definition) is 2. The predicted octanol–water partition coefficient (Wildman–Crippen LogP) is 4.83. The van der Waals surface area contributed by atoms with Gasteiger partial charge in [-0.1, -0.05) is 65.8 Å². The Morgan fingerprint density at radius 3 is 1.95 bits per heavy atom. The molecule has 3 aromatic rings. The molecule has 21 heavy (non-hydrogen) atoms. The van der Waals surface area contributed by atoms with Crippen molar-refractivity contribution in [3.8, 4) is 0 Å². The Balaban J connectivity index is 1.73. The molecule has 0 unspecified atom stereocenters. The maximum Gasteiger partial charge on any atom is 0.124 e. The fraction of sp³-hybridized carbons (Fsp3) is 0.211. The topological polar surface area (TPSA) is 26.0 Å². The molecule has 0 amide bonds. The fourth-order valence-electron chi connectivity index (χ4n) is 2.75. The summed E-state index contributed by atoms with van der Waals surface area (Å²) in [5.74, 6) is 0.444. The van der Waals surface area contributed by atoms with Gasteiger partial charge >= 0.3 is 0 Å². The average molecular weight is 277 g/mol. The average Bonchev–Trinajstić information content (AvgIpc) is 3.07. The normalized spacial score (nSPS) is 10.9. The van der Waals surface area contributed by atoms with Crippen LogP contribution < -0.4 is 0 Å². The molecule has 0 saturated carbocycles. The molecule has 0 saturated heterocycles. The Bertz CT molecular complexity index is 592. The van der Waals surface area contributed by atoms with Crippen LogP contribution in [0.3, 0.4) is 0 Å². The van der Waals surface area contributed by atoms with Crippen molar-refractivity contribution in [2.75, 3.05) is 0 Å². The maximum absolute atomic E-state index is 4.89. The zero-order valence-corrected chi connectivity index (χ0v) is 12.0. The van der Waals surface area contributed by atoms with Crippen molar-refractivity contribution in [2.24, 2.45) is 0 Å². The summed E-state index contributed by atoms with van der Waals surface area (Å²) in [5.41, 5.74) is 3.79. The van der Waals surface area contributed by atoms with Crippen LogP contribution in [0.15, 0.2) is 77.5 Å². The minimum atomic E-state index is 0.444. The highest BCUT2D eigenvalue weighted by Gasteiger charge is 2.13. The molecule has 3 rings (SSSR count). The summed E-state index contributed by atoms with van der Waals surface area (Å²) in [6.07, 6.45) is 4.82. The smallest absolute Gasteiger partial charge is 0.124 e. The van der Waals surface area contributed by atoms with Crippen LogP contribution in [-0.4, -0.2) is 5.16 Å². The summed E-state index contributed by atoms with van der Waals surface area (Å²) >= 11 is 0. The van der Waals surface area contributed by atoms with E-state index in [-0.39, 0.29) is 0 Å². The van der Waals surface area contributed by atoms with E-state index in [0.29, 0.717) is 5.92 Å². The van der Waals surface area contributed by atoms with Gasteiger partial charge in [-0.25, -0.2) is 0 Å². The van der Waals surface area contributed by atoms with Gasteiger partial charge in [0, 0.05) is 12.0 Å². The van der Waals surface area contributed by atoms with Crippen LogP contribution >= 0.6 is 0 Å². The molecule has 0 N–H and O–H groups in total. The van der Waals surface area contributed by atoms with Crippen molar-refractivity contribution in [3.05, 3.63) is 89.8 Å². The summed E-state index contributed by atoms with van der Waals surface area (Å²) in [7, 11) is 0. The molecule has 0 aliphatic heterocycles. The van der Waals surface area contributed by atoms with Crippen LogP contribution in [0.25, 0.3) is 0 Å². The fourth-order valence-corrected chi connectivity index (χ4v) is 2.75. The molecule has 0 fully saturated rings. The third-order valence-electron chi connectivity index (χ3n) is 3.82. The number of hydrogen-bond donors (Lipinski definition) is 0. The van der Waals surface area contributed by atoms with E-state index in [2.05, 4.69) is 65.8 Å². The van der Waals surface area contributed by atoms with Crippen molar-refractivity contribution < 1.29 is 4.52 Å². The van der Waals surface area contributed by atoms with Crippen LogP contribution in [0.2, 0.25) is 0 Å². The number of nitrogens with zero attached hydrogens (tertiary/aromatic N) is 1. The van der Waals surface area contributed by atoms with Gasteiger partial charge in [-0.05, 0) is 30.4 Å². The van der Waals surface area contributed by atoms with E-state index in [4.69, 9.17) is 4.52 Å². The van der Waals surface area contributed by atoms with Crippen molar-refractivity contribution in [3.63, 3.8) is 0 Å². The highest BCUT2D eigenvalue weighted by atomic mass is 16.5. The third-order valence-corrected chi connectivity index (χ3v) is 3.82. The molecular formula is C19H19NO. The van der Waals surface area contributed by atoms with Crippen LogP contribution in [0.5, 0.6) is 0 Å².